The van der Waals surface area contributed by atoms with Crippen molar-refractivity contribution in [3.63, 3.8) is 0 Å². The van der Waals surface area contributed by atoms with Crippen LogP contribution >= 0.6 is 11.8 Å². The molecule has 2 saturated heterocycles. The van der Waals surface area contributed by atoms with Gasteiger partial charge in [-0.25, -0.2) is 8.42 Å². The molecule has 6 nitrogen and oxygen atoms in total. The van der Waals surface area contributed by atoms with E-state index in [2.05, 4.69) is 9.97 Å². The highest BCUT2D eigenvalue weighted by Crippen LogP contribution is 2.47. The Hall–Kier alpha value is -1.48. The van der Waals surface area contributed by atoms with E-state index in [0.29, 0.717) is 19.7 Å². The standard InChI is InChI=1S/C17H19N3O3S2/c21-25(22,16-5-3-6-18-9-16)20-12-17(13-20)8-15(11-24-17)23-10-14-4-1-2-7-19-14/h1-7,9,15H,8,10-13H2/t15-/m0/s1. The van der Waals surface area contributed by atoms with Crippen LogP contribution in [0.2, 0.25) is 0 Å². The molecular formula is C17H19N3O3S2. The van der Waals surface area contributed by atoms with Crippen molar-refractivity contribution >= 4 is 21.8 Å². The SMILES string of the molecule is O=S(=O)(c1cccnc1)N1CC2(C[C@H](OCc3ccccn3)CS2)C1. The van der Waals surface area contributed by atoms with E-state index in [1.54, 1.807) is 24.5 Å². The Labute approximate surface area is 151 Å². The second-order valence-corrected chi connectivity index (χ2v) is 9.84. The minimum Gasteiger partial charge on any atom is -0.371 e. The van der Waals surface area contributed by atoms with E-state index < -0.39 is 10.0 Å². The molecule has 8 heteroatoms. The van der Waals surface area contributed by atoms with Crippen LogP contribution in [0.25, 0.3) is 0 Å². The summed E-state index contributed by atoms with van der Waals surface area (Å²) in [6.45, 7) is 1.58. The van der Waals surface area contributed by atoms with E-state index in [0.717, 1.165) is 17.9 Å². The first-order valence-corrected chi connectivity index (χ1v) is 10.6. The van der Waals surface area contributed by atoms with Gasteiger partial charge in [-0.15, -0.1) is 11.8 Å². The van der Waals surface area contributed by atoms with Gasteiger partial charge in [-0.3, -0.25) is 9.97 Å². The summed E-state index contributed by atoms with van der Waals surface area (Å²) in [6, 6.07) is 9.02. The molecule has 2 aromatic heterocycles. The van der Waals surface area contributed by atoms with E-state index in [4.69, 9.17) is 4.74 Å². The molecule has 0 aromatic carbocycles. The lowest BCUT2D eigenvalue weighted by Gasteiger charge is -2.46. The van der Waals surface area contributed by atoms with Crippen LogP contribution in [0.15, 0.2) is 53.8 Å². The normalized spacial score (nSPS) is 22.8. The van der Waals surface area contributed by atoms with Crippen LogP contribution < -0.4 is 0 Å². The maximum atomic E-state index is 12.6. The zero-order chi connectivity index (χ0) is 17.3. The minimum absolute atomic E-state index is 0.00986. The van der Waals surface area contributed by atoms with Crippen molar-refractivity contribution in [1.29, 1.82) is 0 Å². The summed E-state index contributed by atoms with van der Waals surface area (Å²) in [4.78, 5) is 8.43. The smallest absolute Gasteiger partial charge is 0.244 e. The molecule has 1 atom stereocenters. The maximum Gasteiger partial charge on any atom is 0.244 e. The Bertz CT molecular complexity index is 825. The van der Waals surface area contributed by atoms with E-state index in [1.165, 1.54) is 10.5 Å². The number of pyridine rings is 2. The van der Waals surface area contributed by atoms with Gasteiger partial charge in [0.2, 0.25) is 10.0 Å². The summed E-state index contributed by atoms with van der Waals surface area (Å²) < 4.78 is 32.7. The molecular weight excluding hydrogens is 358 g/mol. The van der Waals surface area contributed by atoms with E-state index in [1.807, 2.05) is 30.0 Å². The predicted molar refractivity (Wildman–Crippen MR) is 95.6 cm³/mol. The highest BCUT2D eigenvalue weighted by molar-refractivity contribution is 8.01. The molecule has 2 aromatic rings. The van der Waals surface area contributed by atoms with Gasteiger partial charge in [-0.1, -0.05) is 6.07 Å². The van der Waals surface area contributed by atoms with Crippen LogP contribution in [0, 0.1) is 0 Å². The number of nitrogens with zero attached hydrogens (tertiary/aromatic N) is 3. The highest BCUT2D eigenvalue weighted by Gasteiger charge is 2.53. The van der Waals surface area contributed by atoms with Gasteiger partial charge in [-0.05, 0) is 30.7 Å². The van der Waals surface area contributed by atoms with Crippen LogP contribution in [0.3, 0.4) is 0 Å². The van der Waals surface area contributed by atoms with E-state index in [-0.39, 0.29) is 15.7 Å². The summed E-state index contributed by atoms with van der Waals surface area (Å²) in [6.07, 6.45) is 5.77. The maximum absolute atomic E-state index is 12.6. The van der Waals surface area contributed by atoms with Crippen molar-refractivity contribution in [3.8, 4) is 0 Å². The molecule has 2 aliphatic rings. The molecule has 0 saturated carbocycles. The molecule has 0 aliphatic carbocycles. The van der Waals surface area contributed by atoms with Gasteiger partial charge in [-0.2, -0.15) is 4.31 Å². The molecule has 2 fully saturated rings. The third kappa shape index (κ3) is 3.44. The molecule has 4 heterocycles. The quantitative estimate of drug-likeness (QED) is 0.793. The molecule has 0 unspecified atom stereocenters. The lowest BCUT2D eigenvalue weighted by molar-refractivity contribution is 0.0380. The predicted octanol–water partition coefficient (Wildman–Crippen LogP) is 1.94. The minimum atomic E-state index is -3.43. The monoisotopic (exact) mass is 377 g/mol. The topological polar surface area (TPSA) is 72.4 Å². The summed E-state index contributed by atoms with van der Waals surface area (Å²) >= 11 is 1.82. The van der Waals surface area contributed by atoms with Crippen LogP contribution in [-0.2, 0) is 21.4 Å². The van der Waals surface area contributed by atoms with Crippen LogP contribution in [-0.4, -0.2) is 52.4 Å². The van der Waals surface area contributed by atoms with Crippen LogP contribution in [0.5, 0.6) is 0 Å². The fraction of sp³-hybridized carbons (Fsp3) is 0.412. The molecule has 1 spiro atoms. The van der Waals surface area contributed by atoms with Crippen LogP contribution in [0.4, 0.5) is 0 Å². The van der Waals surface area contributed by atoms with Gasteiger partial charge in [0.15, 0.2) is 0 Å². The number of hydrogen-bond donors (Lipinski definition) is 0. The zero-order valence-corrected chi connectivity index (χ0v) is 15.2. The van der Waals surface area contributed by atoms with Crippen molar-refractivity contribution in [3.05, 3.63) is 54.6 Å². The van der Waals surface area contributed by atoms with Crippen molar-refractivity contribution in [2.75, 3.05) is 18.8 Å². The first-order chi connectivity index (χ1) is 12.1. The lowest BCUT2D eigenvalue weighted by Crippen LogP contribution is -2.60. The summed E-state index contributed by atoms with van der Waals surface area (Å²) in [7, 11) is -3.43. The summed E-state index contributed by atoms with van der Waals surface area (Å²) in [5.74, 6) is 0.896. The average Bonchev–Trinajstić information content (AvgIpc) is 3.05. The fourth-order valence-corrected chi connectivity index (χ4v) is 6.52. The lowest BCUT2D eigenvalue weighted by atomic mass is 9.95. The van der Waals surface area contributed by atoms with E-state index >= 15 is 0 Å². The van der Waals surface area contributed by atoms with Gasteiger partial charge in [0.05, 0.1) is 18.4 Å². The van der Waals surface area contributed by atoms with Crippen LogP contribution in [0.1, 0.15) is 12.1 Å². The highest BCUT2D eigenvalue weighted by atomic mass is 32.2. The molecule has 2 aliphatic heterocycles. The third-order valence-corrected chi connectivity index (χ3v) is 7.92. The van der Waals surface area contributed by atoms with Gasteiger partial charge in [0.1, 0.15) is 4.90 Å². The largest absolute Gasteiger partial charge is 0.371 e. The summed E-state index contributed by atoms with van der Waals surface area (Å²) in [5, 5.41) is 0. The molecule has 0 bridgehead atoms. The number of ether oxygens (including phenoxy) is 1. The number of hydrogen-bond acceptors (Lipinski definition) is 6. The second-order valence-electron chi connectivity index (χ2n) is 6.41. The Balaban J connectivity index is 1.33. The van der Waals surface area contributed by atoms with E-state index in [9.17, 15) is 8.42 Å². The average molecular weight is 377 g/mol. The Morgan fingerprint density at radius 1 is 1.24 bits per heavy atom. The van der Waals surface area contributed by atoms with Crippen molar-refractivity contribution in [1.82, 2.24) is 14.3 Å². The molecule has 25 heavy (non-hydrogen) atoms. The first-order valence-electron chi connectivity index (χ1n) is 8.13. The van der Waals surface area contributed by atoms with Gasteiger partial charge >= 0.3 is 0 Å². The van der Waals surface area contributed by atoms with Crippen molar-refractivity contribution in [2.45, 2.75) is 28.8 Å². The Kier molecular flexibility index (Phi) is 4.53. The Morgan fingerprint density at radius 2 is 2.12 bits per heavy atom. The zero-order valence-electron chi connectivity index (χ0n) is 13.6. The van der Waals surface area contributed by atoms with Crippen molar-refractivity contribution < 1.29 is 13.2 Å². The third-order valence-electron chi connectivity index (χ3n) is 4.57. The number of rotatable bonds is 5. The number of thioether (sulfide) groups is 1. The van der Waals surface area contributed by atoms with Crippen molar-refractivity contribution in [2.24, 2.45) is 0 Å². The second kappa shape index (κ2) is 6.68. The summed E-state index contributed by atoms with van der Waals surface area (Å²) in [5.41, 5.74) is 0.919. The van der Waals surface area contributed by atoms with Gasteiger partial charge in [0.25, 0.3) is 0 Å². The van der Waals surface area contributed by atoms with Gasteiger partial charge < -0.3 is 4.74 Å². The fourth-order valence-electron chi connectivity index (χ4n) is 3.23. The number of sulfonamides is 1. The molecule has 132 valence electrons. The first kappa shape index (κ1) is 17.0. The van der Waals surface area contributed by atoms with Gasteiger partial charge in [0, 0.05) is 42.2 Å². The molecule has 0 N–H and O–H groups in total. The molecule has 0 radical (unpaired) electrons. The molecule has 0 amide bonds. The molecule has 4 rings (SSSR count). The Morgan fingerprint density at radius 3 is 2.84 bits per heavy atom. The number of aromatic nitrogens is 2.